The van der Waals surface area contributed by atoms with Crippen molar-refractivity contribution in [1.82, 2.24) is 0 Å². The van der Waals surface area contributed by atoms with Gasteiger partial charge in [0, 0.05) is 0 Å². The lowest BCUT2D eigenvalue weighted by molar-refractivity contribution is 0.0695. The standard InChI is InChI=1S/C34H44O2/c1-23(27-16-9-10-18-29(27)32(35)36)20-21-25-14-13-15-26(31(25)34(6,7)8)22-24(2)28-17-11-12-19-30(28)33(3,4)5/h9-19,23-24H,20-22H2,1-8H3,(H,35,36). The molecule has 2 unspecified atom stereocenters. The van der Waals surface area contributed by atoms with Crippen molar-refractivity contribution in [2.24, 2.45) is 0 Å². The van der Waals surface area contributed by atoms with Crippen LogP contribution in [-0.4, -0.2) is 11.1 Å². The van der Waals surface area contributed by atoms with E-state index < -0.39 is 5.97 Å². The third kappa shape index (κ3) is 6.46. The Morgan fingerprint density at radius 3 is 1.92 bits per heavy atom. The van der Waals surface area contributed by atoms with Gasteiger partial charge in [0.05, 0.1) is 5.56 Å². The largest absolute Gasteiger partial charge is 0.478 e. The van der Waals surface area contributed by atoms with Crippen LogP contribution in [0.3, 0.4) is 0 Å². The van der Waals surface area contributed by atoms with Crippen molar-refractivity contribution in [3.8, 4) is 0 Å². The summed E-state index contributed by atoms with van der Waals surface area (Å²) in [6, 6.07) is 23.1. The van der Waals surface area contributed by atoms with Crippen LogP contribution in [0.25, 0.3) is 0 Å². The van der Waals surface area contributed by atoms with E-state index in [1.165, 1.54) is 27.8 Å². The summed E-state index contributed by atoms with van der Waals surface area (Å²) in [5.41, 5.74) is 8.60. The molecular weight excluding hydrogens is 440 g/mol. The zero-order valence-corrected chi connectivity index (χ0v) is 23.5. The van der Waals surface area contributed by atoms with Crippen LogP contribution in [0, 0.1) is 0 Å². The maximum absolute atomic E-state index is 11.7. The van der Waals surface area contributed by atoms with Crippen molar-refractivity contribution in [3.63, 3.8) is 0 Å². The number of hydrogen-bond donors (Lipinski definition) is 1. The number of benzene rings is 3. The summed E-state index contributed by atoms with van der Waals surface area (Å²) < 4.78 is 0. The molecular formula is C34H44O2. The smallest absolute Gasteiger partial charge is 0.335 e. The molecule has 0 aliphatic carbocycles. The second-order valence-electron chi connectivity index (χ2n) is 12.5. The monoisotopic (exact) mass is 484 g/mol. The summed E-state index contributed by atoms with van der Waals surface area (Å²) in [4.78, 5) is 11.7. The van der Waals surface area contributed by atoms with E-state index >= 15 is 0 Å². The molecule has 36 heavy (non-hydrogen) atoms. The lowest BCUT2D eigenvalue weighted by atomic mass is 9.75. The summed E-state index contributed by atoms with van der Waals surface area (Å²) in [5.74, 6) is -0.260. The average molecular weight is 485 g/mol. The number of carboxylic acid groups (broad SMARTS) is 1. The number of aromatic carboxylic acids is 1. The van der Waals surface area contributed by atoms with Crippen molar-refractivity contribution in [2.75, 3.05) is 0 Å². The van der Waals surface area contributed by atoms with Gasteiger partial charge in [0.1, 0.15) is 0 Å². The summed E-state index contributed by atoms with van der Waals surface area (Å²) in [7, 11) is 0. The highest BCUT2D eigenvalue weighted by Crippen LogP contribution is 2.37. The molecule has 0 amide bonds. The van der Waals surface area contributed by atoms with Gasteiger partial charge >= 0.3 is 5.97 Å². The Hall–Kier alpha value is -2.87. The van der Waals surface area contributed by atoms with Gasteiger partial charge < -0.3 is 5.11 Å². The van der Waals surface area contributed by atoms with Crippen LogP contribution in [0.4, 0.5) is 0 Å². The molecule has 2 nitrogen and oxygen atoms in total. The Bertz CT molecular complexity index is 1190. The van der Waals surface area contributed by atoms with E-state index in [9.17, 15) is 9.90 Å². The van der Waals surface area contributed by atoms with E-state index in [1.807, 2.05) is 12.1 Å². The van der Waals surface area contributed by atoms with Gasteiger partial charge in [-0.3, -0.25) is 0 Å². The van der Waals surface area contributed by atoms with Crippen LogP contribution in [0.1, 0.15) is 117 Å². The predicted octanol–water partition coefficient (Wildman–Crippen LogP) is 9.06. The van der Waals surface area contributed by atoms with Crippen LogP contribution in [0.5, 0.6) is 0 Å². The summed E-state index contributed by atoms with van der Waals surface area (Å²) in [5, 5.41) is 9.63. The first-order valence-corrected chi connectivity index (χ1v) is 13.3. The maximum Gasteiger partial charge on any atom is 0.335 e. The van der Waals surface area contributed by atoms with Crippen LogP contribution < -0.4 is 0 Å². The van der Waals surface area contributed by atoms with Crippen molar-refractivity contribution in [2.45, 2.75) is 97.3 Å². The molecule has 0 saturated heterocycles. The lowest BCUT2D eigenvalue weighted by Gasteiger charge is -2.30. The Morgan fingerprint density at radius 1 is 0.722 bits per heavy atom. The van der Waals surface area contributed by atoms with Gasteiger partial charge in [0.25, 0.3) is 0 Å². The molecule has 0 saturated carbocycles. The minimum atomic E-state index is -0.848. The van der Waals surface area contributed by atoms with Crippen LogP contribution in [0.15, 0.2) is 66.7 Å². The highest BCUT2D eigenvalue weighted by Gasteiger charge is 2.25. The second-order valence-corrected chi connectivity index (χ2v) is 12.5. The van der Waals surface area contributed by atoms with E-state index in [1.54, 1.807) is 12.1 Å². The molecule has 3 aromatic carbocycles. The number of aryl methyl sites for hydroxylation is 1. The topological polar surface area (TPSA) is 37.3 Å². The second kappa shape index (κ2) is 11.0. The van der Waals surface area contributed by atoms with Gasteiger partial charge in [0.15, 0.2) is 0 Å². The Kier molecular flexibility index (Phi) is 8.49. The molecule has 1 N–H and O–H groups in total. The minimum Gasteiger partial charge on any atom is -0.478 e. The number of hydrogen-bond acceptors (Lipinski definition) is 1. The fourth-order valence-electron chi connectivity index (χ4n) is 5.69. The zero-order valence-electron chi connectivity index (χ0n) is 23.5. The van der Waals surface area contributed by atoms with Crippen molar-refractivity contribution in [3.05, 3.63) is 106 Å². The van der Waals surface area contributed by atoms with Crippen molar-refractivity contribution in [1.29, 1.82) is 0 Å². The SMILES string of the molecule is CC(CCc1cccc(CC(C)c2ccccc2C(C)(C)C)c1C(C)(C)C)c1ccccc1C(=O)O. The first-order chi connectivity index (χ1) is 16.8. The maximum atomic E-state index is 11.7. The molecule has 2 heteroatoms. The molecule has 3 rings (SSSR count). The molecule has 0 radical (unpaired) electrons. The molecule has 0 heterocycles. The molecule has 0 bridgehead atoms. The third-order valence-electron chi connectivity index (χ3n) is 7.38. The first-order valence-electron chi connectivity index (χ1n) is 13.3. The summed E-state index contributed by atoms with van der Waals surface area (Å²) in [6.45, 7) is 18.3. The van der Waals surface area contributed by atoms with E-state index in [-0.39, 0.29) is 16.7 Å². The molecule has 0 aliphatic heterocycles. The lowest BCUT2D eigenvalue weighted by Crippen LogP contribution is -2.20. The Labute approximate surface area is 218 Å². The van der Waals surface area contributed by atoms with Gasteiger partial charge in [-0.1, -0.05) is 116 Å². The fraction of sp³-hybridized carbons (Fsp3) is 0.441. The van der Waals surface area contributed by atoms with Crippen molar-refractivity contribution >= 4 is 5.97 Å². The molecule has 0 fully saturated rings. The quantitative estimate of drug-likeness (QED) is 0.346. The van der Waals surface area contributed by atoms with E-state index in [4.69, 9.17) is 0 Å². The van der Waals surface area contributed by atoms with Gasteiger partial charge in [0.2, 0.25) is 0 Å². The summed E-state index contributed by atoms with van der Waals surface area (Å²) >= 11 is 0. The highest BCUT2D eigenvalue weighted by atomic mass is 16.4. The van der Waals surface area contributed by atoms with E-state index in [0.717, 1.165) is 24.8 Å². The predicted molar refractivity (Wildman–Crippen MR) is 153 cm³/mol. The van der Waals surface area contributed by atoms with Crippen LogP contribution in [0.2, 0.25) is 0 Å². The zero-order chi connectivity index (χ0) is 26.7. The van der Waals surface area contributed by atoms with Gasteiger partial charge in [-0.15, -0.1) is 0 Å². The van der Waals surface area contributed by atoms with E-state index in [0.29, 0.717) is 11.5 Å². The molecule has 0 spiro atoms. The Balaban J connectivity index is 1.91. The number of carboxylic acids is 1. The van der Waals surface area contributed by atoms with Gasteiger partial charge in [-0.2, -0.15) is 0 Å². The Morgan fingerprint density at radius 2 is 1.31 bits per heavy atom. The number of rotatable bonds is 8. The van der Waals surface area contributed by atoms with E-state index in [2.05, 4.69) is 97.9 Å². The van der Waals surface area contributed by atoms with Gasteiger partial charge in [-0.05, 0) is 81.4 Å². The highest BCUT2D eigenvalue weighted by molar-refractivity contribution is 5.89. The number of carbonyl (C=O) groups is 1. The average Bonchev–Trinajstić information content (AvgIpc) is 2.81. The normalized spacial score (nSPS) is 13.9. The molecule has 0 aliphatic rings. The van der Waals surface area contributed by atoms with Crippen molar-refractivity contribution < 1.29 is 9.90 Å². The van der Waals surface area contributed by atoms with Crippen LogP contribution in [-0.2, 0) is 23.7 Å². The first kappa shape index (κ1) is 27.7. The van der Waals surface area contributed by atoms with Gasteiger partial charge in [-0.25, -0.2) is 4.79 Å². The third-order valence-corrected chi connectivity index (χ3v) is 7.38. The molecule has 0 aromatic heterocycles. The summed E-state index contributed by atoms with van der Waals surface area (Å²) in [6.07, 6.45) is 2.85. The molecule has 3 aromatic rings. The minimum absolute atomic E-state index is 0.0252. The molecule has 192 valence electrons. The molecule has 2 atom stereocenters. The fourth-order valence-corrected chi connectivity index (χ4v) is 5.69. The van der Waals surface area contributed by atoms with Crippen LogP contribution >= 0.6 is 0 Å².